The van der Waals surface area contributed by atoms with E-state index in [9.17, 15) is 14.4 Å². The molecule has 2 N–H and O–H groups in total. The van der Waals surface area contributed by atoms with Crippen molar-refractivity contribution in [2.45, 2.75) is 38.8 Å². The maximum atomic E-state index is 13.4. The molecule has 2 aliphatic heterocycles. The van der Waals surface area contributed by atoms with E-state index in [1.54, 1.807) is 11.0 Å². The second kappa shape index (κ2) is 8.51. The van der Waals surface area contributed by atoms with Gasteiger partial charge in [0.15, 0.2) is 0 Å². The largest absolute Gasteiger partial charge is 0.375 e. The molecule has 4 rings (SSSR count). The predicted molar refractivity (Wildman–Crippen MR) is 118 cm³/mol. The van der Waals surface area contributed by atoms with Gasteiger partial charge in [0.2, 0.25) is 11.8 Å². The van der Waals surface area contributed by atoms with Gasteiger partial charge in [-0.2, -0.15) is 0 Å². The van der Waals surface area contributed by atoms with Gasteiger partial charge in [-0.1, -0.05) is 24.3 Å². The lowest BCUT2D eigenvalue weighted by Gasteiger charge is -2.37. The molecule has 0 saturated carbocycles. The van der Waals surface area contributed by atoms with E-state index in [4.69, 9.17) is 4.74 Å². The summed E-state index contributed by atoms with van der Waals surface area (Å²) in [6.45, 7) is 4.51. The Balaban J connectivity index is 1.62. The van der Waals surface area contributed by atoms with Crippen molar-refractivity contribution >= 4 is 23.4 Å². The summed E-state index contributed by atoms with van der Waals surface area (Å²) < 4.78 is 4.86. The molecule has 162 valence electrons. The van der Waals surface area contributed by atoms with E-state index < -0.39 is 6.04 Å². The lowest BCUT2D eigenvalue weighted by Crippen LogP contribution is -2.55. The summed E-state index contributed by atoms with van der Waals surface area (Å²) >= 11 is 0. The van der Waals surface area contributed by atoms with E-state index >= 15 is 0 Å². The van der Waals surface area contributed by atoms with Crippen LogP contribution in [0, 0.1) is 13.8 Å². The zero-order valence-corrected chi connectivity index (χ0v) is 18.0. The number of hydrogen-bond acceptors (Lipinski definition) is 4. The number of carbonyl (C=O) groups is 3. The average Bonchev–Trinajstić information content (AvgIpc) is 2.85. The summed E-state index contributed by atoms with van der Waals surface area (Å²) in [5.41, 5.74) is 5.39. The van der Waals surface area contributed by atoms with E-state index in [0.29, 0.717) is 30.6 Å². The Morgan fingerprint density at radius 1 is 1.19 bits per heavy atom. The Morgan fingerprint density at radius 3 is 2.77 bits per heavy atom. The molecule has 7 heteroatoms. The number of aryl methyl sites for hydroxylation is 1. The van der Waals surface area contributed by atoms with Gasteiger partial charge in [0.05, 0.1) is 11.3 Å². The van der Waals surface area contributed by atoms with E-state index in [1.165, 1.54) is 12.7 Å². The van der Waals surface area contributed by atoms with Crippen LogP contribution in [0.15, 0.2) is 36.4 Å². The number of nitrogens with one attached hydrogen (secondary N) is 2. The molecule has 0 aliphatic carbocycles. The number of benzene rings is 2. The summed E-state index contributed by atoms with van der Waals surface area (Å²) in [5.74, 6) is -0.604. The number of rotatable bonds is 4. The van der Waals surface area contributed by atoms with Gasteiger partial charge in [0, 0.05) is 19.7 Å². The molecule has 3 amide bonds. The maximum absolute atomic E-state index is 13.4. The summed E-state index contributed by atoms with van der Waals surface area (Å²) in [6.07, 6.45) is 0.974. The van der Waals surface area contributed by atoms with Gasteiger partial charge in [0.25, 0.3) is 5.91 Å². The molecule has 1 fully saturated rings. The highest BCUT2D eigenvalue weighted by Crippen LogP contribution is 2.33. The highest BCUT2D eigenvalue weighted by atomic mass is 16.5. The monoisotopic (exact) mass is 421 g/mol. The lowest BCUT2D eigenvalue weighted by molar-refractivity contribution is -0.127. The molecule has 2 aromatic rings. The van der Waals surface area contributed by atoms with Gasteiger partial charge in [-0.3, -0.25) is 14.4 Å². The van der Waals surface area contributed by atoms with Crippen LogP contribution in [0.2, 0.25) is 0 Å². The minimum atomic E-state index is -0.620. The third-order valence-electron chi connectivity index (χ3n) is 6.23. The molecule has 2 unspecified atom stereocenters. The number of anilines is 1. The van der Waals surface area contributed by atoms with Crippen molar-refractivity contribution in [3.63, 3.8) is 0 Å². The number of amides is 3. The molecule has 2 aliphatic rings. The molecular weight excluding hydrogens is 394 g/mol. The van der Waals surface area contributed by atoms with Crippen LogP contribution in [0.3, 0.4) is 0 Å². The van der Waals surface area contributed by atoms with E-state index in [2.05, 4.69) is 30.5 Å². The zero-order valence-electron chi connectivity index (χ0n) is 18.0. The third-order valence-corrected chi connectivity index (χ3v) is 6.23. The summed E-state index contributed by atoms with van der Waals surface area (Å²) in [4.78, 5) is 39.8. The number of ether oxygens (including phenoxy) is 1. The van der Waals surface area contributed by atoms with E-state index in [1.807, 2.05) is 24.3 Å². The van der Waals surface area contributed by atoms with Gasteiger partial charge in [-0.25, -0.2) is 0 Å². The minimum Gasteiger partial charge on any atom is -0.375 e. The SMILES string of the molecule is COCC(=O)NC1CCN2C(=O)c3cc(-c4cccc(C)c4C)ccc3NC(=O)C2C1. The van der Waals surface area contributed by atoms with Crippen LogP contribution in [-0.2, 0) is 14.3 Å². The van der Waals surface area contributed by atoms with Gasteiger partial charge < -0.3 is 20.3 Å². The lowest BCUT2D eigenvalue weighted by atomic mass is 9.94. The van der Waals surface area contributed by atoms with Crippen molar-refractivity contribution in [3.05, 3.63) is 53.1 Å². The Hall–Kier alpha value is -3.19. The number of fused-ring (bicyclic) bond motifs is 2. The number of methoxy groups -OCH3 is 1. The second-order valence-corrected chi connectivity index (χ2v) is 8.23. The van der Waals surface area contributed by atoms with Gasteiger partial charge in [-0.15, -0.1) is 0 Å². The van der Waals surface area contributed by atoms with Crippen LogP contribution in [0.1, 0.15) is 34.3 Å². The molecule has 0 radical (unpaired) electrons. The van der Waals surface area contributed by atoms with Crippen LogP contribution in [0.25, 0.3) is 11.1 Å². The number of nitrogens with zero attached hydrogens (tertiary/aromatic N) is 1. The Kier molecular flexibility index (Phi) is 5.78. The molecule has 2 heterocycles. The fraction of sp³-hybridized carbons (Fsp3) is 0.375. The van der Waals surface area contributed by atoms with Crippen molar-refractivity contribution in [2.24, 2.45) is 0 Å². The first kappa shape index (κ1) is 21.1. The Labute approximate surface area is 181 Å². The standard InChI is InChI=1S/C24H27N3O4/c1-14-5-4-6-18(15(14)2)16-7-8-20-19(11-16)24(30)27-10-9-17(25-22(28)13-31-3)12-21(27)23(29)26-20/h4-8,11,17,21H,9-10,12-13H2,1-3H3,(H,25,28)(H,26,29). The fourth-order valence-electron chi connectivity index (χ4n) is 4.42. The minimum absolute atomic E-state index is 0.0252. The molecule has 2 atom stereocenters. The highest BCUT2D eigenvalue weighted by molar-refractivity contribution is 6.10. The van der Waals surface area contributed by atoms with Crippen LogP contribution in [-0.4, -0.2) is 55.0 Å². The number of hydrogen-bond donors (Lipinski definition) is 2. The van der Waals surface area contributed by atoms with Gasteiger partial charge in [-0.05, 0) is 61.1 Å². The van der Waals surface area contributed by atoms with Gasteiger partial charge >= 0.3 is 0 Å². The van der Waals surface area contributed by atoms with Crippen LogP contribution in [0.4, 0.5) is 5.69 Å². The molecule has 31 heavy (non-hydrogen) atoms. The molecule has 0 spiro atoms. The molecule has 7 nitrogen and oxygen atoms in total. The molecule has 1 saturated heterocycles. The number of piperidine rings is 1. The first-order valence-electron chi connectivity index (χ1n) is 10.5. The number of carbonyl (C=O) groups excluding carboxylic acids is 3. The van der Waals surface area contributed by atoms with Crippen molar-refractivity contribution in [2.75, 3.05) is 25.6 Å². The Bertz CT molecular complexity index is 1050. The highest BCUT2D eigenvalue weighted by Gasteiger charge is 2.40. The van der Waals surface area contributed by atoms with Crippen molar-refractivity contribution in [1.29, 1.82) is 0 Å². The molecule has 0 aromatic heterocycles. The molecule has 0 bridgehead atoms. The summed E-state index contributed by atoms with van der Waals surface area (Å²) in [7, 11) is 1.46. The quantitative estimate of drug-likeness (QED) is 0.795. The van der Waals surface area contributed by atoms with Crippen LogP contribution >= 0.6 is 0 Å². The molecule has 2 aromatic carbocycles. The van der Waals surface area contributed by atoms with E-state index in [0.717, 1.165) is 16.7 Å². The van der Waals surface area contributed by atoms with Crippen LogP contribution < -0.4 is 10.6 Å². The van der Waals surface area contributed by atoms with Crippen molar-refractivity contribution in [1.82, 2.24) is 10.2 Å². The smallest absolute Gasteiger partial charge is 0.256 e. The third kappa shape index (κ3) is 4.05. The normalized spacial score (nSPS) is 20.4. The topological polar surface area (TPSA) is 87.7 Å². The predicted octanol–water partition coefficient (Wildman–Crippen LogP) is 2.66. The average molecular weight is 421 g/mol. The summed E-state index contributed by atoms with van der Waals surface area (Å²) in [6, 6.07) is 10.9. The maximum Gasteiger partial charge on any atom is 0.256 e. The van der Waals surface area contributed by atoms with Crippen molar-refractivity contribution in [3.8, 4) is 11.1 Å². The summed E-state index contributed by atoms with van der Waals surface area (Å²) in [5, 5.41) is 5.81. The first-order valence-corrected chi connectivity index (χ1v) is 10.5. The van der Waals surface area contributed by atoms with Crippen LogP contribution in [0.5, 0.6) is 0 Å². The van der Waals surface area contributed by atoms with E-state index in [-0.39, 0.29) is 30.4 Å². The second-order valence-electron chi connectivity index (χ2n) is 8.23. The van der Waals surface area contributed by atoms with Crippen molar-refractivity contribution < 1.29 is 19.1 Å². The Morgan fingerprint density at radius 2 is 2.00 bits per heavy atom. The van der Waals surface area contributed by atoms with Gasteiger partial charge in [0.1, 0.15) is 12.6 Å². The molecular formula is C24H27N3O4. The fourth-order valence-corrected chi connectivity index (χ4v) is 4.42. The zero-order chi connectivity index (χ0) is 22.1. The first-order chi connectivity index (χ1) is 14.9.